The minimum absolute atomic E-state index is 0.141. The van der Waals surface area contributed by atoms with Crippen molar-refractivity contribution in [1.29, 1.82) is 0 Å². The highest BCUT2D eigenvalue weighted by molar-refractivity contribution is 5.78. The molecule has 0 unspecified atom stereocenters. The van der Waals surface area contributed by atoms with Crippen molar-refractivity contribution in [2.45, 2.75) is 32.4 Å². The fourth-order valence-corrected chi connectivity index (χ4v) is 4.60. The van der Waals surface area contributed by atoms with Gasteiger partial charge in [-0.2, -0.15) is 0 Å². The highest BCUT2D eigenvalue weighted by Crippen LogP contribution is 2.24. The number of aromatic nitrogens is 4. The Hall–Kier alpha value is -3.72. The van der Waals surface area contributed by atoms with Crippen LogP contribution in [0.25, 0.3) is 11.0 Å². The summed E-state index contributed by atoms with van der Waals surface area (Å²) in [5, 5.41) is 6.88. The number of rotatable bonds is 8. The van der Waals surface area contributed by atoms with E-state index in [9.17, 15) is 9.18 Å². The maximum absolute atomic E-state index is 13.4. The quantitative estimate of drug-likeness (QED) is 0.361. The van der Waals surface area contributed by atoms with Crippen molar-refractivity contribution in [3.05, 3.63) is 82.0 Å². The summed E-state index contributed by atoms with van der Waals surface area (Å²) in [6, 6.07) is 16.6. The van der Waals surface area contributed by atoms with Crippen LogP contribution >= 0.6 is 0 Å². The van der Waals surface area contributed by atoms with E-state index >= 15 is 0 Å². The van der Waals surface area contributed by atoms with Crippen molar-refractivity contribution < 1.29 is 4.39 Å². The lowest BCUT2D eigenvalue weighted by molar-refractivity contribution is 0.226. The van der Waals surface area contributed by atoms with Crippen molar-refractivity contribution in [1.82, 2.24) is 24.4 Å². The summed E-state index contributed by atoms with van der Waals surface area (Å²) in [6.45, 7) is 6.00. The normalized spacial score (nSPS) is 14.9. The number of halogens is 1. The molecule has 3 N–H and O–H groups in total. The molecule has 0 amide bonds. The maximum Gasteiger partial charge on any atom is 0.252 e. The van der Waals surface area contributed by atoms with Crippen LogP contribution in [0.3, 0.4) is 0 Å². The number of para-hydroxylation sites is 2. The molecule has 5 rings (SSSR count). The third-order valence-corrected chi connectivity index (χ3v) is 6.42. The molecule has 0 aliphatic carbocycles. The molecule has 0 bridgehead atoms. The second-order valence-electron chi connectivity index (χ2n) is 9.06. The van der Waals surface area contributed by atoms with Crippen LogP contribution in [0.2, 0.25) is 0 Å². The first-order valence-electron chi connectivity index (χ1n) is 12.0. The van der Waals surface area contributed by atoms with E-state index in [4.69, 9.17) is 4.98 Å². The molecule has 2 aromatic heterocycles. The Morgan fingerprint density at radius 3 is 2.63 bits per heavy atom. The first kappa shape index (κ1) is 23.0. The largest absolute Gasteiger partial charge is 0.354 e. The Morgan fingerprint density at radius 2 is 1.86 bits per heavy atom. The van der Waals surface area contributed by atoms with Gasteiger partial charge in [0.2, 0.25) is 11.9 Å². The maximum atomic E-state index is 13.4. The molecule has 35 heavy (non-hydrogen) atoms. The van der Waals surface area contributed by atoms with E-state index < -0.39 is 0 Å². The van der Waals surface area contributed by atoms with Crippen molar-refractivity contribution >= 4 is 22.9 Å². The van der Waals surface area contributed by atoms with Crippen molar-refractivity contribution in [3.63, 3.8) is 0 Å². The first-order chi connectivity index (χ1) is 17.0. The average Bonchev–Trinajstić information content (AvgIpc) is 3.18. The van der Waals surface area contributed by atoms with Gasteiger partial charge in [0.15, 0.2) is 0 Å². The number of likely N-dealkylation sites (tertiary alicyclic amines) is 1. The standard InChI is InChI=1S/C26H30FN7O/c1-18-16-24(35)32-25(29-18)28-12-15-33-13-10-21(11-14-33)30-26-31-22-4-2-3-5-23(22)34(26)17-19-6-8-20(27)9-7-19/h2-9,16,21H,10-15,17H2,1H3,(H,30,31)(H2,28,29,32,35). The Kier molecular flexibility index (Phi) is 6.76. The lowest BCUT2D eigenvalue weighted by atomic mass is 10.1. The Balaban J connectivity index is 1.19. The van der Waals surface area contributed by atoms with E-state index in [-0.39, 0.29) is 11.4 Å². The van der Waals surface area contributed by atoms with Gasteiger partial charge in [0.25, 0.3) is 5.56 Å². The van der Waals surface area contributed by atoms with E-state index in [0.717, 1.165) is 61.6 Å². The molecule has 1 aliphatic rings. The zero-order chi connectivity index (χ0) is 24.2. The fraction of sp³-hybridized carbons (Fsp3) is 0.346. The van der Waals surface area contributed by atoms with Crippen molar-refractivity contribution in [2.24, 2.45) is 0 Å². The van der Waals surface area contributed by atoms with E-state index in [1.165, 1.54) is 18.2 Å². The molecule has 8 nitrogen and oxygen atoms in total. The topological polar surface area (TPSA) is 90.9 Å². The molecule has 0 radical (unpaired) electrons. The van der Waals surface area contributed by atoms with Gasteiger partial charge in [0, 0.05) is 44.0 Å². The smallest absolute Gasteiger partial charge is 0.252 e. The number of fused-ring (bicyclic) bond motifs is 1. The molecule has 1 fully saturated rings. The zero-order valence-corrected chi connectivity index (χ0v) is 19.8. The lowest BCUT2D eigenvalue weighted by Gasteiger charge is -2.32. The number of aryl methyl sites for hydroxylation is 1. The molecule has 1 saturated heterocycles. The van der Waals surface area contributed by atoms with E-state index in [1.54, 1.807) is 0 Å². The van der Waals surface area contributed by atoms with Crippen LogP contribution in [0.5, 0.6) is 0 Å². The molecule has 3 heterocycles. The molecular weight excluding hydrogens is 445 g/mol. The van der Waals surface area contributed by atoms with Gasteiger partial charge in [0.05, 0.1) is 17.6 Å². The number of hydrogen-bond acceptors (Lipinski definition) is 6. The van der Waals surface area contributed by atoms with Gasteiger partial charge in [-0.05, 0) is 49.6 Å². The number of hydrogen-bond donors (Lipinski definition) is 3. The second kappa shape index (κ2) is 10.3. The highest BCUT2D eigenvalue weighted by Gasteiger charge is 2.21. The SMILES string of the molecule is Cc1cc(=O)[nH]c(NCCN2CCC(Nc3nc4ccccc4n3Cc3ccc(F)cc3)CC2)n1. The summed E-state index contributed by atoms with van der Waals surface area (Å²) in [6.07, 6.45) is 2.03. The van der Waals surface area contributed by atoms with Crippen molar-refractivity contribution in [3.8, 4) is 0 Å². The van der Waals surface area contributed by atoms with Crippen molar-refractivity contribution in [2.75, 3.05) is 36.8 Å². The number of benzene rings is 2. The number of piperidine rings is 1. The molecular formula is C26H30FN7O. The zero-order valence-electron chi connectivity index (χ0n) is 19.8. The summed E-state index contributed by atoms with van der Waals surface area (Å²) < 4.78 is 15.6. The highest BCUT2D eigenvalue weighted by atomic mass is 19.1. The number of nitrogens with zero attached hydrogens (tertiary/aromatic N) is 4. The van der Waals surface area contributed by atoms with Crippen LogP contribution in [-0.2, 0) is 6.54 Å². The predicted molar refractivity (Wildman–Crippen MR) is 136 cm³/mol. The Labute approximate surface area is 203 Å². The number of imidazole rings is 1. The molecule has 0 saturated carbocycles. The summed E-state index contributed by atoms with van der Waals surface area (Å²) in [5.74, 6) is 1.14. The van der Waals surface area contributed by atoms with E-state index in [1.807, 2.05) is 37.3 Å². The van der Waals surface area contributed by atoms with Gasteiger partial charge in [-0.3, -0.25) is 9.78 Å². The van der Waals surface area contributed by atoms with Crippen LogP contribution < -0.4 is 16.2 Å². The molecule has 4 aromatic rings. The van der Waals surface area contributed by atoms with Crippen LogP contribution in [0.15, 0.2) is 59.4 Å². The van der Waals surface area contributed by atoms with Crippen LogP contribution in [0.1, 0.15) is 24.1 Å². The van der Waals surface area contributed by atoms with Crippen LogP contribution in [0.4, 0.5) is 16.3 Å². The van der Waals surface area contributed by atoms with E-state index in [2.05, 4.69) is 36.1 Å². The minimum Gasteiger partial charge on any atom is -0.354 e. The predicted octanol–water partition coefficient (Wildman–Crippen LogP) is 3.60. The minimum atomic E-state index is -0.229. The number of anilines is 2. The average molecular weight is 476 g/mol. The third-order valence-electron chi connectivity index (χ3n) is 6.42. The van der Waals surface area contributed by atoms with Crippen LogP contribution in [0, 0.1) is 12.7 Å². The number of nitrogens with one attached hydrogen (secondary N) is 3. The third kappa shape index (κ3) is 5.68. The molecule has 0 atom stereocenters. The van der Waals surface area contributed by atoms with Gasteiger partial charge >= 0.3 is 0 Å². The van der Waals surface area contributed by atoms with Crippen LogP contribution in [-0.4, -0.2) is 56.6 Å². The van der Waals surface area contributed by atoms with Gasteiger partial charge in [-0.15, -0.1) is 0 Å². The number of H-pyrrole nitrogens is 1. The Bertz CT molecular complexity index is 1340. The Morgan fingerprint density at radius 1 is 1.09 bits per heavy atom. The molecule has 182 valence electrons. The van der Waals surface area contributed by atoms with Gasteiger partial charge in [-0.1, -0.05) is 24.3 Å². The fourth-order valence-electron chi connectivity index (χ4n) is 4.60. The van der Waals surface area contributed by atoms with Gasteiger partial charge in [0.1, 0.15) is 5.82 Å². The molecule has 0 spiro atoms. The summed E-state index contributed by atoms with van der Waals surface area (Å²) >= 11 is 0. The first-order valence-corrected chi connectivity index (χ1v) is 12.0. The second-order valence-corrected chi connectivity index (χ2v) is 9.06. The molecule has 2 aromatic carbocycles. The molecule has 9 heteroatoms. The monoisotopic (exact) mass is 475 g/mol. The van der Waals surface area contributed by atoms with E-state index in [0.29, 0.717) is 24.2 Å². The number of aromatic amines is 1. The van der Waals surface area contributed by atoms with Gasteiger partial charge < -0.3 is 20.1 Å². The summed E-state index contributed by atoms with van der Waals surface area (Å²) in [7, 11) is 0. The summed E-state index contributed by atoms with van der Waals surface area (Å²) in [4.78, 5) is 25.9. The molecule has 1 aliphatic heterocycles. The summed E-state index contributed by atoms with van der Waals surface area (Å²) in [5.41, 5.74) is 3.60. The van der Waals surface area contributed by atoms with Gasteiger partial charge in [-0.25, -0.2) is 14.4 Å². The lowest BCUT2D eigenvalue weighted by Crippen LogP contribution is -2.41.